The van der Waals surface area contributed by atoms with E-state index in [9.17, 15) is 4.79 Å². The number of carbonyl (C=O) groups is 1. The Kier molecular flexibility index (Phi) is 4.30. The van der Waals surface area contributed by atoms with Gasteiger partial charge >= 0.3 is 0 Å². The average Bonchev–Trinajstić information content (AvgIpc) is 2.50. The number of carbonyl (C=O) groups excluding carboxylic acids is 1. The van der Waals surface area contributed by atoms with Gasteiger partial charge in [-0.25, -0.2) is 0 Å². The van der Waals surface area contributed by atoms with Crippen molar-refractivity contribution in [2.45, 2.75) is 26.3 Å². The van der Waals surface area contributed by atoms with Crippen molar-refractivity contribution >= 4 is 11.6 Å². The second kappa shape index (κ2) is 5.50. The fourth-order valence-electron chi connectivity index (χ4n) is 1.18. The molecule has 1 rings (SSSR count). The molecule has 0 saturated heterocycles. The van der Waals surface area contributed by atoms with Gasteiger partial charge in [-0.1, -0.05) is 13.8 Å². The van der Waals surface area contributed by atoms with Gasteiger partial charge in [0.2, 0.25) is 5.91 Å². The zero-order valence-electron chi connectivity index (χ0n) is 9.45. The Morgan fingerprint density at radius 1 is 1.60 bits per heavy atom. The van der Waals surface area contributed by atoms with Crippen molar-refractivity contribution in [2.24, 2.45) is 7.05 Å². The van der Waals surface area contributed by atoms with Gasteiger partial charge in [0.15, 0.2) is 0 Å². The minimum Gasteiger partial charge on any atom is -0.323 e. The van der Waals surface area contributed by atoms with Gasteiger partial charge in [0.05, 0.1) is 11.9 Å². The van der Waals surface area contributed by atoms with E-state index in [0.717, 1.165) is 5.69 Å². The lowest BCUT2D eigenvalue weighted by Crippen LogP contribution is -2.27. The predicted octanol–water partition coefficient (Wildman–Crippen LogP) is 0.747. The predicted molar refractivity (Wildman–Crippen MR) is 59.6 cm³/mol. The number of amides is 1. The van der Waals surface area contributed by atoms with E-state index in [-0.39, 0.29) is 5.91 Å². The zero-order valence-corrected chi connectivity index (χ0v) is 9.45. The normalized spacial score (nSPS) is 10.7. The van der Waals surface area contributed by atoms with Crippen molar-refractivity contribution in [1.29, 1.82) is 0 Å². The van der Waals surface area contributed by atoms with Crippen molar-refractivity contribution in [1.82, 2.24) is 15.1 Å². The molecule has 1 aromatic heterocycles. The van der Waals surface area contributed by atoms with E-state index in [2.05, 4.69) is 29.6 Å². The maximum absolute atomic E-state index is 11.4. The van der Waals surface area contributed by atoms with E-state index in [1.807, 2.05) is 7.05 Å². The largest absolute Gasteiger partial charge is 0.323 e. The summed E-state index contributed by atoms with van der Waals surface area (Å²) in [5.41, 5.74) is 0.743. The van der Waals surface area contributed by atoms with Crippen LogP contribution in [-0.2, 0) is 11.8 Å². The summed E-state index contributed by atoms with van der Waals surface area (Å²) in [5, 5.41) is 9.92. The number of anilines is 1. The van der Waals surface area contributed by atoms with Crippen LogP contribution >= 0.6 is 0 Å². The minimum atomic E-state index is 0.0103. The molecule has 0 aliphatic heterocycles. The van der Waals surface area contributed by atoms with Crippen molar-refractivity contribution in [3.8, 4) is 0 Å². The summed E-state index contributed by atoms with van der Waals surface area (Å²) in [7, 11) is 1.82. The lowest BCUT2D eigenvalue weighted by atomic mass is 10.3. The number of nitrogens with one attached hydrogen (secondary N) is 2. The Balaban J connectivity index is 2.24. The SMILES string of the molecule is CC(C)NCCC(=O)Nc1cnn(C)c1. The van der Waals surface area contributed by atoms with E-state index in [4.69, 9.17) is 0 Å². The highest BCUT2D eigenvalue weighted by molar-refractivity contribution is 5.90. The van der Waals surface area contributed by atoms with Crippen molar-refractivity contribution < 1.29 is 4.79 Å². The van der Waals surface area contributed by atoms with Gasteiger partial charge in [0.25, 0.3) is 0 Å². The molecule has 0 fully saturated rings. The first-order valence-electron chi connectivity index (χ1n) is 5.10. The smallest absolute Gasteiger partial charge is 0.225 e. The molecule has 0 aromatic carbocycles. The first kappa shape index (κ1) is 11.7. The molecule has 1 heterocycles. The van der Waals surface area contributed by atoms with Gasteiger partial charge in [-0.05, 0) is 0 Å². The van der Waals surface area contributed by atoms with Gasteiger partial charge in [-0.15, -0.1) is 0 Å². The molecule has 84 valence electrons. The van der Waals surface area contributed by atoms with Gasteiger partial charge < -0.3 is 10.6 Å². The number of rotatable bonds is 5. The topological polar surface area (TPSA) is 59.0 Å². The first-order chi connectivity index (χ1) is 7.08. The summed E-state index contributed by atoms with van der Waals surface area (Å²) in [5.74, 6) is 0.0103. The quantitative estimate of drug-likeness (QED) is 0.754. The number of nitrogens with zero attached hydrogens (tertiary/aromatic N) is 2. The minimum absolute atomic E-state index is 0.0103. The number of hydrogen-bond donors (Lipinski definition) is 2. The molecule has 0 radical (unpaired) electrons. The Labute approximate surface area is 89.9 Å². The van der Waals surface area contributed by atoms with Crippen LogP contribution in [0.2, 0.25) is 0 Å². The van der Waals surface area contributed by atoms with Gasteiger partial charge in [-0.2, -0.15) is 5.10 Å². The fraction of sp³-hybridized carbons (Fsp3) is 0.600. The molecule has 0 unspecified atom stereocenters. The van der Waals surface area contributed by atoms with E-state index in [1.165, 1.54) is 0 Å². The molecule has 2 N–H and O–H groups in total. The number of aromatic nitrogens is 2. The number of aryl methyl sites for hydroxylation is 1. The lowest BCUT2D eigenvalue weighted by Gasteiger charge is -2.07. The van der Waals surface area contributed by atoms with Crippen LogP contribution in [0.15, 0.2) is 12.4 Å². The van der Waals surface area contributed by atoms with E-state index < -0.39 is 0 Å². The fourth-order valence-corrected chi connectivity index (χ4v) is 1.18. The molecular weight excluding hydrogens is 192 g/mol. The summed E-state index contributed by atoms with van der Waals surface area (Å²) in [6, 6.07) is 0.413. The molecule has 0 atom stereocenters. The standard InChI is InChI=1S/C10H18N4O/c1-8(2)11-5-4-10(15)13-9-6-12-14(3)7-9/h6-8,11H,4-5H2,1-3H3,(H,13,15). The molecule has 0 bridgehead atoms. The third kappa shape index (κ3) is 4.60. The summed E-state index contributed by atoms with van der Waals surface area (Å²) in [6.07, 6.45) is 3.88. The third-order valence-corrected chi connectivity index (χ3v) is 1.89. The zero-order chi connectivity index (χ0) is 11.3. The van der Waals surface area contributed by atoms with Crippen LogP contribution in [0.1, 0.15) is 20.3 Å². The molecule has 0 aliphatic carbocycles. The molecule has 0 aliphatic rings. The van der Waals surface area contributed by atoms with Crippen LogP contribution in [0.3, 0.4) is 0 Å². The van der Waals surface area contributed by atoms with Gasteiger partial charge in [-0.3, -0.25) is 9.48 Å². The molecular formula is C10H18N4O. The summed E-state index contributed by atoms with van der Waals surface area (Å²) >= 11 is 0. The molecule has 1 aromatic rings. The van der Waals surface area contributed by atoms with E-state index in [0.29, 0.717) is 19.0 Å². The summed E-state index contributed by atoms with van der Waals surface area (Å²) < 4.78 is 1.65. The highest BCUT2D eigenvalue weighted by atomic mass is 16.1. The van der Waals surface area contributed by atoms with Gasteiger partial charge in [0.1, 0.15) is 0 Å². The molecule has 5 nitrogen and oxygen atoms in total. The van der Waals surface area contributed by atoms with Crippen LogP contribution in [0.4, 0.5) is 5.69 Å². The van der Waals surface area contributed by atoms with Crippen LogP contribution < -0.4 is 10.6 Å². The Morgan fingerprint density at radius 3 is 2.87 bits per heavy atom. The Hall–Kier alpha value is -1.36. The highest BCUT2D eigenvalue weighted by Gasteiger charge is 2.03. The third-order valence-electron chi connectivity index (χ3n) is 1.89. The van der Waals surface area contributed by atoms with Gasteiger partial charge in [0, 0.05) is 32.3 Å². The molecule has 0 saturated carbocycles. The van der Waals surface area contributed by atoms with Crippen LogP contribution in [0.25, 0.3) is 0 Å². The maximum Gasteiger partial charge on any atom is 0.225 e. The maximum atomic E-state index is 11.4. The van der Waals surface area contributed by atoms with Crippen molar-refractivity contribution in [3.63, 3.8) is 0 Å². The lowest BCUT2D eigenvalue weighted by molar-refractivity contribution is -0.116. The Bertz CT molecular complexity index is 319. The van der Waals surface area contributed by atoms with Crippen molar-refractivity contribution in [3.05, 3.63) is 12.4 Å². The van der Waals surface area contributed by atoms with Crippen molar-refractivity contribution in [2.75, 3.05) is 11.9 Å². The molecule has 0 spiro atoms. The van der Waals surface area contributed by atoms with Crippen LogP contribution in [-0.4, -0.2) is 28.3 Å². The average molecular weight is 210 g/mol. The molecule has 15 heavy (non-hydrogen) atoms. The monoisotopic (exact) mass is 210 g/mol. The highest BCUT2D eigenvalue weighted by Crippen LogP contribution is 2.03. The van der Waals surface area contributed by atoms with E-state index in [1.54, 1.807) is 17.1 Å². The molecule has 5 heteroatoms. The first-order valence-corrected chi connectivity index (χ1v) is 5.10. The summed E-state index contributed by atoms with van der Waals surface area (Å²) in [4.78, 5) is 11.4. The van der Waals surface area contributed by atoms with Crippen LogP contribution in [0, 0.1) is 0 Å². The Morgan fingerprint density at radius 2 is 2.33 bits per heavy atom. The van der Waals surface area contributed by atoms with E-state index >= 15 is 0 Å². The molecule has 1 amide bonds. The summed E-state index contributed by atoms with van der Waals surface area (Å²) in [6.45, 7) is 4.81. The number of hydrogen-bond acceptors (Lipinski definition) is 3. The van der Waals surface area contributed by atoms with Crippen LogP contribution in [0.5, 0.6) is 0 Å². The second-order valence-electron chi connectivity index (χ2n) is 3.81. The second-order valence-corrected chi connectivity index (χ2v) is 3.81.